The van der Waals surface area contributed by atoms with Crippen molar-refractivity contribution in [2.75, 3.05) is 39.2 Å². The summed E-state index contributed by atoms with van der Waals surface area (Å²) in [6.07, 6.45) is 3.42. The number of amides is 1. The molecule has 5 N–H and O–H groups in total. The maximum absolute atomic E-state index is 13.4. The van der Waals surface area contributed by atoms with Gasteiger partial charge in [0.2, 0.25) is 0 Å². The summed E-state index contributed by atoms with van der Waals surface area (Å²) in [6.45, 7) is 9.62. The lowest BCUT2D eigenvalue weighted by atomic mass is 10.0. The largest absolute Gasteiger partial charge is 0.480 e. The molecule has 2 aromatic heterocycles. The number of hydrogen-bond donors (Lipinski definition) is 4. The van der Waals surface area contributed by atoms with Gasteiger partial charge in [0.05, 0.1) is 24.4 Å². The van der Waals surface area contributed by atoms with E-state index >= 15 is 0 Å². The summed E-state index contributed by atoms with van der Waals surface area (Å²) in [6, 6.07) is 7.36. The summed E-state index contributed by atoms with van der Waals surface area (Å²) >= 11 is 0. The molecule has 14 heteroatoms. The maximum Gasteiger partial charge on any atom is 0.419 e. The minimum atomic E-state index is -1.08. The molecule has 1 amide bonds. The molecule has 0 bridgehead atoms. The maximum atomic E-state index is 13.4. The number of nitrogens with one attached hydrogen (secondary N) is 2. The van der Waals surface area contributed by atoms with E-state index in [9.17, 15) is 14.4 Å². The predicted molar refractivity (Wildman–Crippen MR) is 169 cm³/mol. The van der Waals surface area contributed by atoms with Crippen LogP contribution in [0.15, 0.2) is 52.8 Å². The van der Waals surface area contributed by atoms with Gasteiger partial charge in [-0.25, -0.2) is 4.79 Å². The number of allylic oxidation sites excluding steroid dienone is 2. The number of carboxylic acid groups (broad SMARTS) is 1. The van der Waals surface area contributed by atoms with Crippen molar-refractivity contribution < 1.29 is 33.7 Å². The third-order valence-electron chi connectivity index (χ3n) is 7.07. The lowest BCUT2D eigenvalue weighted by molar-refractivity contribution is -0.135. The molecule has 14 nitrogen and oxygen atoms in total. The first-order valence-electron chi connectivity index (χ1n) is 14.3. The van der Waals surface area contributed by atoms with Crippen molar-refractivity contribution in [3.63, 3.8) is 0 Å². The van der Waals surface area contributed by atoms with Crippen LogP contribution in [0.2, 0.25) is 0 Å². The predicted octanol–water partition coefficient (Wildman–Crippen LogP) is 3.40. The van der Waals surface area contributed by atoms with Gasteiger partial charge < -0.3 is 40.3 Å². The third kappa shape index (κ3) is 7.70. The number of likely N-dealkylation sites (tertiary alicyclic amines) is 1. The van der Waals surface area contributed by atoms with Crippen LogP contribution < -0.4 is 15.8 Å². The van der Waals surface area contributed by atoms with E-state index in [0.717, 1.165) is 5.39 Å². The highest BCUT2D eigenvalue weighted by atomic mass is 16.6. The molecule has 0 saturated carbocycles. The van der Waals surface area contributed by atoms with Gasteiger partial charge in [-0.05, 0) is 57.2 Å². The van der Waals surface area contributed by atoms with E-state index in [1.165, 1.54) is 17.8 Å². The van der Waals surface area contributed by atoms with Crippen LogP contribution in [-0.2, 0) is 25.5 Å². The van der Waals surface area contributed by atoms with Gasteiger partial charge in [-0.15, -0.1) is 0 Å². The summed E-state index contributed by atoms with van der Waals surface area (Å²) in [5, 5.41) is 12.6. The fourth-order valence-corrected chi connectivity index (χ4v) is 5.03. The first-order valence-corrected chi connectivity index (χ1v) is 14.3. The van der Waals surface area contributed by atoms with E-state index in [1.807, 2.05) is 24.3 Å². The summed E-state index contributed by atoms with van der Waals surface area (Å²) in [5.41, 5.74) is 7.68. The molecule has 1 aliphatic heterocycles. The van der Waals surface area contributed by atoms with Crippen LogP contribution in [0.25, 0.3) is 16.6 Å². The molecular weight excluding hydrogens is 582 g/mol. The SMILES string of the molecule is C=N/C(=C(\C=C(/N)C(=O)N1CCC(OC)C1)Cc1cn(C(=O)OC(C)(C)C)c2ccccc12)c1nc(OC)c(NCC(=O)O)[nH]1. The van der Waals surface area contributed by atoms with Crippen molar-refractivity contribution in [3.05, 3.63) is 59.2 Å². The zero-order valence-corrected chi connectivity index (χ0v) is 26.0. The molecule has 45 heavy (non-hydrogen) atoms. The number of aromatic nitrogens is 3. The Bertz CT molecular complexity index is 1660. The smallest absolute Gasteiger partial charge is 0.419 e. The number of aliphatic imine (C=N–C) groups is 1. The Kier molecular flexibility index (Phi) is 9.97. The van der Waals surface area contributed by atoms with Crippen LogP contribution in [-0.4, -0.2) is 94.8 Å². The Labute approximate surface area is 260 Å². The van der Waals surface area contributed by atoms with Gasteiger partial charge in [-0.1, -0.05) is 18.2 Å². The molecule has 1 aromatic carbocycles. The molecule has 1 atom stereocenters. The second-order valence-electron chi connectivity index (χ2n) is 11.4. The quantitative estimate of drug-likeness (QED) is 0.140. The average molecular weight is 622 g/mol. The number of nitrogens with zero attached hydrogens (tertiary/aromatic N) is 4. The Morgan fingerprint density at radius 2 is 2.00 bits per heavy atom. The molecule has 3 heterocycles. The van der Waals surface area contributed by atoms with Crippen molar-refractivity contribution in [2.45, 2.75) is 45.3 Å². The number of imidazole rings is 1. The number of fused-ring (bicyclic) bond motifs is 1. The highest BCUT2D eigenvalue weighted by molar-refractivity contribution is 5.95. The lowest BCUT2D eigenvalue weighted by Crippen LogP contribution is -2.33. The van der Waals surface area contributed by atoms with Gasteiger partial charge in [-0.2, -0.15) is 4.98 Å². The minimum Gasteiger partial charge on any atom is -0.480 e. The first kappa shape index (κ1) is 32.8. The molecule has 4 rings (SSSR count). The number of methoxy groups -OCH3 is 2. The second-order valence-corrected chi connectivity index (χ2v) is 11.4. The fraction of sp³-hybridized carbons (Fsp3) is 0.387. The molecule has 3 aromatic rings. The number of carbonyl (C=O) groups is 3. The number of benzene rings is 1. The molecule has 0 radical (unpaired) electrons. The fourth-order valence-electron chi connectivity index (χ4n) is 5.03. The highest BCUT2D eigenvalue weighted by Gasteiger charge is 2.28. The summed E-state index contributed by atoms with van der Waals surface area (Å²) in [7, 11) is 2.99. The molecule has 1 aliphatic rings. The van der Waals surface area contributed by atoms with Crippen molar-refractivity contribution in [3.8, 4) is 5.88 Å². The van der Waals surface area contributed by atoms with Crippen LogP contribution >= 0.6 is 0 Å². The Hall–Kier alpha value is -5.11. The highest BCUT2D eigenvalue weighted by Crippen LogP contribution is 2.31. The Morgan fingerprint density at radius 1 is 1.27 bits per heavy atom. The number of aromatic amines is 1. The normalized spacial score (nSPS) is 16.0. The van der Waals surface area contributed by atoms with Gasteiger partial charge in [0.1, 0.15) is 17.8 Å². The number of ether oxygens (including phenoxy) is 3. The number of carbonyl (C=O) groups excluding carboxylic acids is 2. The van der Waals surface area contributed by atoms with E-state index in [1.54, 1.807) is 39.0 Å². The van der Waals surface area contributed by atoms with Crippen molar-refractivity contribution in [1.29, 1.82) is 0 Å². The summed E-state index contributed by atoms with van der Waals surface area (Å²) < 4.78 is 17.8. The molecule has 0 aliphatic carbocycles. The molecule has 1 fully saturated rings. The molecular formula is C31H39N7O7. The van der Waals surface area contributed by atoms with Crippen molar-refractivity contribution in [1.82, 2.24) is 19.4 Å². The van der Waals surface area contributed by atoms with Crippen molar-refractivity contribution in [2.24, 2.45) is 10.7 Å². The van der Waals surface area contributed by atoms with Crippen molar-refractivity contribution >= 4 is 47.1 Å². The number of aliphatic carboxylic acids is 1. The standard InChI is InChI=1S/C31H39N7O7/c1-31(2,3)45-30(42)38-16-19(21-9-7-8-10-23(21)38)13-18(14-22(32)29(41)37-12-11-20(17-37)43-5)25(33-4)26-35-27(28(36-26)44-6)34-15-24(39)40/h7-10,14,16,20,34H,4,11-13,15,17,32H2,1-3,5-6H3,(H,35,36)(H,39,40)/b22-14-,25-18-. The van der Waals surface area contributed by atoms with Gasteiger partial charge in [-0.3, -0.25) is 19.1 Å². The van der Waals surface area contributed by atoms with Crippen LogP contribution in [0.1, 0.15) is 38.6 Å². The minimum absolute atomic E-state index is 0.0402. The number of para-hydroxylation sites is 1. The third-order valence-corrected chi connectivity index (χ3v) is 7.07. The monoisotopic (exact) mass is 621 g/mol. The zero-order chi connectivity index (χ0) is 32.9. The van der Waals surface area contributed by atoms with Gasteiger partial charge in [0.25, 0.3) is 11.8 Å². The molecule has 1 unspecified atom stereocenters. The van der Waals surface area contributed by atoms with Crippen LogP contribution in [0.4, 0.5) is 10.6 Å². The molecule has 0 spiro atoms. The zero-order valence-electron chi connectivity index (χ0n) is 26.0. The lowest BCUT2D eigenvalue weighted by Gasteiger charge is -2.19. The van der Waals surface area contributed by atoms with E-state index in [0.29, 0.717) is 36.2 Å². The number of carboxylic acids is 1. The topological polar surface area (TPSA) is 186 Å². The van der Waals surface area contributed by atoms with Crippen LogP contribution in [0, 0.1) is 0 Å². The average Bonchev–Trinajstić information content (AvgIpc) is 3.72. The Balaban J connectivity index is 1.84. The number of nitrogens with two attached hydrogens (primary N) is 1. The van der Waals surface area contributed by atoms with E-state index in [4.69, 9.17) is 25.1 Å². The number of anilines is 1. The van der Waals surface area contributed by atoms with Gasteiger partial charge in [0, 0.05) is 38.2 Å². The van der Waals surface area contributed by atoms with E-state index in [2.05, 4.69) is 27.0 Å². The number of H-pyrrole nitrogens is 1. The first-order chi connectivity index (χ1) is 21.3. The number of hydrogen-bond acceptors (Lipinski definition) is 10. The second kappa shape index (κ2) is 13.7. The van der Waals surface area contributed by atoms with E-state index < -0.39 is 24.2 Å². The summed E-state index contributed by atoms with van der Waals surface area (Å²) in [4.78, 5) is 51.0. The number of rotatable bonds is 11. The molecule has 1 saturated heterocycles. The van der Waals surface area contributed by atoms with Gasteiger partial charge in [0.15, 0.2) is 11.6 Å². The van der Waals surface area contributed by atoms with Gasteiger partial charge >= 0.3 is 12.1 Å². The van der Waals surface area contributed by atoms with E-state index in [-0.39, 0.29) is 47.3 Å². The van der Waals surface area contributed by atoms with Crippen LogP contribution in [0.3, 0.4) is 0 Å². The Morgan fingerprint density at radius 3 is 2.62 bits per heavy atom. The van der Waals surface area contributed by atoms with Crippen LogP contribution in [0.5, 0.6) is 5.88 Å². The summed E-state index contributed by atoms with van der Waals surface area (Å²) in [5.74, 6) is -0.943. The molecule has 240 valence electrons.